The molecule has 6 heteroatoms. The number of benzene rings is 1. The van der Waals surface area contributed by atoms with Gasteiger partial charge < -0.3 is 9.15 Å². The third-order valence-corrected chi connectivity index (χ3v) is 4.26. The van der Waals surface area contributed by atoms with E-state index in [-0.39, 0.29) is 6.61 Å². The highest BCUT2D eigenvalue weighted by molar-refractivity contribution is 9.10. The number of aromatic nitrogens is 1. The Labute approximate surface area is 145 Å². The second-order valence-electron chi connectivity index (χ2n) is 4.62. The van der Waals surface area contributed by atoms with Crippen LogP contribution in [0.15, 0.2) is 63.0 Å². The Morgan fingerprint density at radius 3 is 3.04 bits per heavy atom. The summed E-state index contributed by atoms with van der Waals surface area (Å²) in [7, 11) is 0. The van der Waals surface area contributed by atoms with Crippen LogP contribution in [-0.4, -0.2) is 11.0 Å². The molecule has 3 rings (SSSR count). The molecule has 3 aromatic rings. The van der Waals surface area contributed by atoms with Gasteiger partial charge in [0.1, 0.15) is 18.6 Å². The lowest BCUT2D eigenvalue weighted by molar-refractivity contribution is -0.139. The summed E-state index contributed by atoms with van der Waals surface area (Å²) in [4.78, 5) is 17.0. The van der Waals surface area contributed by atoms with Crippen LogP contribution in [0.25, 0.3) is 16.8 Å². The first-order valence-corrected chi connectivity index (χ1v) is 8.47. The Bertz CT molecular complexity index is 824. The lowest BCUT2D eigenvalue weighted by Crippen LogP contribution is -2.00. The molecular weight excluding hydrogens is 378 g/mol. The summed E-state index contributed by atoms with van der Waals surface area (Å²) in [5.74, 6) is 0.112. The first kappa shape index (κ1) is 15.7. The summed E-state index contributed by atoms with van der Waals surface area (Å²) < 4.78 is 11.5. The summed E-state index contributed by atoms with van der Waals surface area (Å²) in [6.07, 6.45) is 4.59. The Kier molecular flexibility index (Phi) is 5.05. The fourth-order valence-electron chi connectivity index (χ4n) is 1.85. The van der Waals surface area contributed by atoms with Crippen molar-refractivity contribution in [2.75, 3.05) is 0 Å². The molecule has 0 aliphatic rings. The Hall–Kier alpha value is -2.18. The van der Waals surface area contributed by atoms with E-state index < -0.39 is 5.97 Å². The first-order valence-electron chi connectivity index (χ1n) is 6.79. The number of carbonyl (C=O) groups is 1. The van der Waals surface area contributed by atoms with E-state index in [9.17, 15) is 4.79 Å². The van der Waals surface area contributed by atoms with Crippen LogP contribution >= 0.6 is 27.3 Å². The van der Waals surface area contributed by atoms with Gasteiger partial charge in [0.05, 0.1) is 4.88 Å². The van der Waals surface area contributed by atoms with Gasteiger partial charge in [-0.05, 0) is 35.2 Å². The molecule has 0 spiro atoms. The maximum absolute atomic E-state index is 11.7. The second-order valence-corrected chi connectivity index (χ2v) is 6.48. The lowest BCUT2D eigenvalue weighted by atomic mass is 10.2. The van der Waals surface area contributed by atoms with Gasteiger partial charge in [-0.2, -0.15) is 0 Å². The van der Waals surface area contributed by atoms with Crippen LogP contribution in [0.1, 0.15) is 11.3 Å². The number of esters is 1. The minimum absolute atomic E-state index is 0.0799. The monoisotopic (exact) mass is 389 g/mol. The van der Waals surface area contributed by atoms with Gasteiger partial charge >= 0.3 is 5.97 Å². The molecule has 0 aliphatic heterocycles. The largest absolute Gasteiger partial charge is 0.456 e. The van der Waals surface area contributed by atoms with Crippen LogP contribution in [-0.2, 0) is 16.1 Å². The van der Waals surface area contributed by atoms with Crippen LogP contribution < -0.4 is 0 Å². The van der Waals surface area contributed by atoms with Gasteiger partial charge in [0.15, 0.2) is 0 Å². The molecule has 0 unspecified atom stereocenters. The fourth-order valence-corrected chi connectivity index (χ4v) is 2.93. The minimum Gasteiger partial charge on any atom is -0.456 e. The molecule has 0 N–H and O–H groups in total. The van der Waals surface area contributed by atoms with E-state index in [1.807, 2.05) is 41.8 Å². The number of nitrogens with zero attached hydrogens (tertiary/aromatic N) is 1. The molecule has 1 aromatic carbocycles. The quantitative estimate of drug-likeness (QED) is 0.458. The van der Waals surface area contributed by atoms with Gasteiger partial charge in [-0.25, -0.2) is 9.78 Å². The highest BCUT2D eigenvalue weighted by atomic mass is 79.9. The maximum atomic E-state index is 11.7. The molecule has 0 radical (unpaired) electrons. The SMILES string of the molecule is O=C(/C=C/c1cccc(Br)c1)OCc1coc(-c2cccs2)n1. The van der Waals surface area contributed by atoms with Gasteiger partial charge in [0.25, 0.3) is 0 Å². The zero-order valence-corrected chi connectivity index (χ0v) is 14.3. The first-order chi connectivity index (χ1) is 11.2. The van der Waals surface area contributed by atoms with Crippen molar-refractivity contribution in [3.63, 3.8) is 0 Å². The molecule has 0 atom stereocenters. The third kappa shape index (κ3) is 4.40. The Morgan fingerprint density at radius 2 is 2.26 bits per heavy atom. The van der Waals surface area contributed by atoms with Gasteiger partial charge in [0, 0.05) is 10.5 Å². The zero-order valence-electron chi connectivity index (χ0n) is 11.9. The van der Waals surface area contributed by atoms with Crippen molar-refractivity contribution < 1.29 is 13.9 Å². The van der Waals surface area contributed by atoms with E-state index in [4.69, 9.17) is 9.15 Å². The van der Waals surface area contributed by atoms with Crippen LogP contribution in [0.3, 0.4) is 0 Å². The van der Waals surface area contributed by atoms with Gasteiger partial charge in [-0.1, -0.05) is 34.1 Å². The molecular formula is C17H12BrNO3S. The van der Waals surface area contributed by atoms with E-state index in [1.54, 1.807) is 17.4 Å². The molecule has 2 aromatic heterocycles. The van der Waals surface area contributed by atoms with E-state index in [2.05, 4.69) is 20.9 Å². The molecule has 0 aliphatic carbocycles. The average Bonchev–Trinajstić information content (AvgIpc) is 3.22. The topological polar surface area (TPSA) is 52.3 Å². The highest BCUT2D eigenvalue weighted by Gasteiger charge is 2.08. The van der Waals surface area contributed by atoms with Crippen molar-refractivity contribution in [3.8, 4) is 10.8 Å². The molecule has 0 saturated carbocycles. The van der Waals surface area contributed by atoms with Crippen molar-refractivity contribution in [1.29, 1.82) is 0 Å². The van der Waals surface area contributed by atoms with Crippen molar-refractivity contribution in [2.24, 2.45) is 0 Å². The summed E-state index contributed by atoms with van der Waals surface area (Å²) in [6.45, 7) is 0.0799. The van der Waals surface area contributed by atoms with E-state index >= 15 is 0 Å². The summed E-state index contributed by atoms with van der Waals surface area (Å²) in [5.41, 5.74) is 1.50. The Balaban J connectivity index is 1.55. The predicted molar refractivity (Wildman–Crippen MR) is 92.8 cm³/mol. The van der Waals surface area contributed by atoms with E-state index in [0.29, 0.717) is 11.6 Å². The molecule has 116 valence electrons. The van der Waals surface area contributed by atoms with E-state index in [0.717, 1.165) is 14.9 Å². The molecule has 23 heavy (non-hydrogen) atoms. The number of hydrogen-bond donors (Lipinski definition) is 0. The van der Waals surface area contributed by atoms with Gasteiger partial charge in [-0.3, -0.25) is 0 Å². The number of rotatable bonds is 5. The molecule has 2 heterocycles. The number of thiophene rings is 1. The standard InChI is InChI=1S/C17H12BrNO3S/c18-13-4-1-3-12(9-13)6-7-16(20)21-10-14-11-22-17(19-14)15-5-2-8-23-15/h1-9,11H,10H2/b7-6+. The number of carbonyl (C=O) groups excluding carboxylic acids is 1. The molecule has 0 bridgehead atoms. The predicted octanol–water partition coefficient (Wildman–Crippen LogP) is 4.92. The van der Waals surface area contributed by atoms with E-state index in [1.165, 1.54) is 12.3 Å². The number of halogens is 1. The molecule has 0 fully saturated rings. The van der Waals surface area contributed by atoms with Crippen LogP contribution in [0.5, 0.6) is 0 Å². The summed E-state index contributed by atoms with van der Waals surface area (Å²) in [5, 5.41) is 1.95. The maximum Gasteiger partial charge on any atom is 0.331 e. The van der Waals surface area contributed by atoms with Gasteiger partial charge in [0.2, 0.25) is 5.89 Å². The van der Waals surface area contributed by atoms with Gasteiger partial charge in [-0.15, -0.1) is 11.3 Å². The molecule has 4 nitrogen and oxygen atoms in total. The lowest BCUT2D eigenvalue weighted by Gasteiger charge is -1.98. The normalized spacial score (nSPS) is 11.0. The number of ether oxygens (including phenoxy) is 1. The fraction of sp³-hybridized carbons (Fsp3) is 0.0588. The third-order valence-electron chi connectivity index (χ3n) is 2.91. The summed E-state index contributed by atoms with van der Waals surface area (Å²) in [6, 6.07) is 11.5. The number of hydrogen-bond acceptors (Lipinski definition) is 5. The van der Waals surface area contributed by atoms with Crippen LogP contribution in [0.4, 0.5) is 0 Å². The highest BCUT2D eigenvalue weighted by Crippen LogP contribution is 2.23. The smallest absolute Gasteiger partial charge is 0.331 e. The second kappa shape index (κ2) is 7.39. The van der Waals surface area contributed by atoms with Crippen LogP contribution in [0, 0.1) is 0 Å². The van der Waals surface area contributed by atoms with Crippen LogP contribution in [0.2, 0.25) is 0 Å². The van der Waals surface area contributed by atoms with Crippen molar-refractivity contribution >= 4 is 39.3 Å². The minimum atomic E-state index is -0.425. The summed E-state index contributed by atoms with van der Waals surface area (Å²) >= 11 is 4.92. The average molecular weight is 390 g/mol. The van der Waals surface area contributed by atoms with Crippen molar-refractivity contribution in [1.82, 2.24) is 4.98 Å². The van der Waals surface area contributed by atoms with Crippen molar-refractivity contribution in [3.05, 3.63) is 69.8 Å². The zero-order chi connectivity index (χ0) is 16.1. The molecule has 0 amide bonds. The Morgan fingerprint density at radius 1 is 1.35 bits per heavy atom. The number of oxazole rings is 1. The van der Waals surface area contributed by atoms with Crippen molar-refractivity contribution in [2.45, 2.75) is 6.61 Å². The molecule has 0 saturated heterocycles.